The quantitative estimate of drug-likeness (QED) is 0.774. The highest BCUT2D eigenvalue weighted by Crippen LogP contribution is 2.10. The second kappa shape index (κ2) is 7.07. The maximum atomic E-state index is 5.30. The highest BCUT2D eigenvalue weighted by molar-refractivity contribution is 5.15. The van der Waals surface area contributed by atoms with Gasteiger partial charge in [0.1, 0.15) is 5.76 Å². The molecule has 2 rings (SSSR count). The van der Waals surface area contributed by atoms with E-state index in [0.29, 0.717) is 0 Å². The molecular formula is C15H21N3O. The monoisotopic (exact) mass is 259 g/mol. The molecule has 2 aromatic heterocycles. The van der Waals surface area contributed by atoms with Crippen LogP contribution in [0.25, 0.3) is 0 Å². The lowest BCUT2D eigenvalue weighted by molar-refractivity contribution is 0.321. The van der Waals surface area contributed by atoms with Gasteiger partial charge in [-0.1, -0.05) is 6.07 Å². The van der Waals surface area contributed by atoms with Gasteiger partial charge in [0.25, 0.3) is 0 Å². The Morgan fingerprint density at radius 3 is 2.95 bits per heavy atom. The molecule has 0 fully saturated rings. The van der Waals surface area contributed by atoms with Crippen molar-refractivity contribution in [2.45, 2.75) is 20.0 Å². The van der Waals surface area contributed by atoms with Gasteiger partial charge in [0.15, 0.2) is 0 Å². The molecular weight excluding hydrogens is 238 g/mol. The van der Waals surface area contributed by atoms with Crippen LogP contribution in [0.15, 0.2) is 41.3 Å². The first-order valence-electron chi connectivity index (χ1n) is 6.57. The Kier molecular flexibility index (Phi) is 5.12. The molecule has 102 valence electrons. The van der Waals surface area contributed by atoms with Gasteiger partial charge in [-0.15, -0.1) is 0 Å². The van der Waals surface area contributed by atoms with Gasteiger partial charge in [0.2, 0.25) is 0 Å². The fourth-order valence-electron chi connectivity index (χ4n) is 1.95. The first kappa shape index (κ1) is 13.8. The molecule has 1 N–H and O–H groups in total. The zero-order chi connectivity index (χ0) is 13.5. The number of nitrogens with zero attached hydrogens (tertiary/aromatic N) is 2. The zero-order valence-corrected chi connectivity index (χ0v) is 11.6. The van der Waals surface area contributed by atoms with E-state index in [2.05, 4.69) is 28.3 Å². The first-order chi connectivity index (χ1) is 9.25. The molecule has 0 amide bonds. The summed E-state index contributed by atoms with van der Waals surface area (Å²) in [7, 11) is 2.12. The molecule has 0 saturated heterocycles. The van der Waals surface area contributed by atoms with Gasteiger partial charge in [-0.05, 0) is 31.7 Å². The molecule has 0 saturated carbocycles. The molecule has 0 atom stereocenters. The van der Waals surface area contributed by atoms with E-state index < -0.39 is 0 Å². The van der Waals surface area contributed by atoms with E-state index in [9.17, 15) is 0 Å². The maximum absolute atomic E-state index is 5.30. The van der Waals surface area contributed by atoms with Crippen LogP contribution >= 0.6 is 0 Å². The summed E-state index contributed by atoms with van der Waals surface area (Å²) in [5.74, 6) is 1.01. The minimum absolute atomic E-state index is 0.867. The van der Waals surface area contributed by atoms with Gasteiger partial charge in [-0.3, -0.25) is 4.98 Å². The van der Waals surface area contributed by atoms with Crippen LogP contribution in [-0.4, -0.2) is 30.0 Å². The molecule has 0 aliphatic rings. The molecule has 2 aromatic rings. The second-order valence-corrected chi connectivity index (χ2v) is 4.78. The number of nitrogens with one attached hydrogen (secondary N) is 1. The predicted octanol–water partition coefficient (Wildman–Crippen LogP) is 2.20. The third-order valence-electron chi connectivity index (χ3n) is 3.13. The number of aromatic nitrogens is 1. The fourth-order valence-corrected chi connectivity index (χ4v) is 1.95. The standard InChI is InChI=1S/C15H21N3O/c1-13-15(5-9-19-13)12-18(2)8-7-17-11-14-4-3-6-16-10-14/h3-6,9-10,17H,7-8,11-12H2,1-2H3. The summed E-state index contributed by atoms with van der Waals surface area (Å²) in [4.78, 5) is 6.38. The summed E-state index contributed by atoms with van der Waals surface area (Å²) in [5, 5.41) is 3.42. The Morgan fingerprint density at radius 2 is 2.26 bits per heavy atom. The molecule has 0 aromatic carbocycles. The first-order valence-corrected chi connectivity index (χ1v) is 6.57. The van der Waals surface area contributed by atoms with Gasteiger partial charge >= 0.3 is 0 Å². The summed E-state index contributed by atoms with van der Waals surface area (Å²) in [5.41, 5.74) is 2.48. The van der Waals surface area contributed by atoms with Gasteiger partial charge in [-0.25, -0.2) is 0 Å². The van der Waals surface area contributed by atoms with Crippen molar-refractivity contribution in [1.82, 2.24) is 15.2 Å². The van der Waals surface area contributed by atoms with Crippen molar-refractivity contribution in [2.24, 2.45) is 0 Å². The molecule has 0 radical (unpaired) electrons. The van der Waals surface area contributed by atoms with Crippen LogP contribution in [-0.2, 0) is 13.1 Å². The zero-order valence-electron chi connectivity index (χ0n) is 11.6. The summed E-state index contributed by atoms with van der Waals surface area (Å²) in [6.45, 7) is 5.76. The lowest BCUT2D eigenvalue weighted by atomic mass is 10.2. The Labute approximate surface area is 114 Å². The highest BCUT2D eigenvalue weighted by Gasteiger charge is 2.04. The van der Waals surface area contributed by atoms with E-state index in [4.69, 9.17) is 4.42 Å². The van der Waals surface area contributed by atoms with E-state index in [1.54, 1.807) is 12.5 Å². The number of rotatable bonds is 7. The average Bonchev–Trinajstić information content (AvgIpc) is 2.82. The van der Waals surface area contributed by atoms with Crippen molar-refractivity contribution >= 4 is 0 Å². The summed E-state index contributed by atoms with van der Waals surface area (Å²) >= 11 is 0. The van der Waals surface area contributed by atoms with Crippen LogP contribution in [0, 0.1) is 6.92 Å². The largest absolute Gasteiger partial charge is 0.469 e. The predicted molar refractivity (Wildman–Crippen MR) is 75.7 cm³/mol. The number of hydrogen-bond acceptors (Lipinski definition) is 4. The number of furan rings is 1. The Hall–Kier alpha value is -1.65. The molecule has 0 bridgehead atoms. The van der Waals surface area contributed by atoms with E-state index in [-0.39, 0.29) is 0 Å². The Bertz CT molecular complexity index is 481. The van der Waals surface area contributed by atoms with Crippen LogP contribution in [0.3, 0.4) is 0 Å². The van der Waals surface area contributed by atoms with Crippen molar-refractivity contribution in [3.8, 4) is 0 Å². The molecule has 0 aliphatic heterocycles. The van der Waals surface area contributed by atoms with Gasteiger partial charge in [-0.2, -0.15) is 0 Å². The fraction of sp³-hybridized carbons (Fsp3) is 0.400. The van der Waals surface area contributed by atoms with Crippen molar-refractivity contribution in [2.75, 3.05) is 20.1 Å². The molecule has 4 heteroatoms. The molecule has 0 spiro atoms. The van der Waals surface area contributed by atoms with Gasteiger partial charge < -0.3 is 14.6 Å². The molecule has 0 unspecified atom stereocenters. The van der Waals surface area contributed by atoms with E-state index >= 15 is 0 Å². The van der Waals surface area contributed by atoms with Crippen molar-refractivity contribution < 1.29 is 4.42 Å². The number of hydrogen-bond donors (Lipinski definition) is 1. The Morgan fingerprint density at radius 1 is 1.37 bits per heavy atom. The van der Waals surface area contributed by atoms with Crippen LogP contribution < -0.4 is 5.32 Å². The van der Waals surface area contributed by atoms with Gasteiger partial charge in [0, 0.05) is 44.1 Å². The number of pyridine rings is 1. The molecule has 2 heterocycles. The van der Waals surface area contributed by atoms with Gasteiger partial charge in [0.05, 0.1) is 6.26 Å². The third-order valence-corrected chi connectivity index (χ3v) is 3.13. The summed E-state index contributed by atoms with van der Waals surface area (Å²) in [6, 6.07) is 6.08. The van der Waals surface area contributed by atoms with E-state index in [0.717, 1.165) is 31.9 Å². The van der Waals surface area contributed by atoms with Crippen LogP contribution in [0.5, 0.6) is 0 Å². The summed E-state index contributed by atoms with van der Waals surface area (Å²) < 4.78 is 5.30. The average molecular weight is 259 g/mol. The SMILES string of the molecule is Cc1occc1CN(C)CCNCc1cccnc1. The van der Waals surface area contributed by atoms with Crippen molar-refractivity contribution in [3.63, 3.8) is 0 Å². The van der Waals surface area contributed by atoms with Crippen LogP contribution in [0.1, 0.15) is 16.9 Å². The minimum atomic E-state index is 0.867. The van der Waals surface area contributed by atoms with E-state index in [1.807, 2.05) is 25.3 Å². The normalized spacial score (nSPS) is 11.1. The number of aryl methyl sites for hydroxylation is 1. The molecule has 4 nitrogen and oxygen atoms in total. The Balaban J connectivity index is 1.64. The number of likely N-dealkylation sites (N-methyl/N-ethyl adjacent to an activating group) is 1. The third kappa shape index (κ3) is 4.50. The van der Waals surface area contributed by atoms with Crippen molar-refractivity contribution in [3.05, 3.63) is 53.7 Å². The highest BCUT2D eigenvalue weighted by atomic mass is 16.3. The summed E-state index contributed by atoms with van der Waals surface area (Å²) in [6.07, 6.45) is 5.44. The van der Waals surface area contributed by atoms with Crippen LogP contribution in [0.4, 0.5) is 0 Å². The maximum Gasteiger partial charge on any atom is 0.105 e. The van der Waals surface area contributed by atoms with Crippen LogP contribution in [0.2, 0.25) is 0 Å². The second-order valence-electron chi connectivity index (χ2n) is 4.78. The molecule has 19 heavy (non-hydrogen) atoms. The topological polar surface area (TPSA) is 41.3 Å². The smallest absolute Gasteiger partial charge is 0.105 e. The minimum Gasteiger partial charge on any atom is -0.469 e. The van der Waals surface area contributed by atoms with Crippen molar-refractivity contribution in [1.29, 1.82) is 0 Å². The molecule has 0 aliphatic carbocycles. The van der Waals surface area contributed by atoms with E-state index in [1.165, 1.54) is 11.1 Å². The lowest BCUT2D eigenvalue weighted by Crippen LogP contribution is -2.28. The lowest BCUT2D eigenvalue weighted by Gasteiger charge is -2.16.